The summed E-state index contributed by atoms with van der Waals surface area (Å²) in [6, 6.07) is 21.1. The molecule has 0 saturated carbocycles. The summed E-state index contributed by atoms with van der Waals surface area (Å²) >= 11 is 0. The van der Waals surface area contributed by atoms with Crippen LogP contribution in [0.3, 0.4) is 0 Å². The number of imide groups is 1. The van der Waals surface area contributed by atoms with Crippen molar-refractivity contribution in [3.8, 4) is 28.3 Å². The number of esters is 1. The molecule has 1 spiro atoms. The monoisotopic (exact) mass is 1200 g/mol. The van der Waals surface area contributed by atoms with Gasteiger partial charge in [0.15, 0.2) is 0 Å². The fourth-order valence-electron chi connectivity index (χ4n) is 10.6. The molecule has 0 radical (unpaired) electrons. The Morgan fingerprint density at radius 3 is 2.12 bits per heavy atom. The Morgan fingerprint density at radius 2 is 1.49 bits per heavy atom. The number of urea groups is 1. The Hall–Kier alpha value is -9.00. The van der Waals surface area contributed by atoms with Gasteiger partial charge in [-0.3, -0.25) is 29.4 Å². The van der Waals surface area contributed by atoms with E-state index in [1.807, 2.05) is 11.0 Å². The highest BCUT2D eigenvalue weighted by Gasteiger charge is 2.40. The number of piperidine rings is 2. The number of hydrogen-bond donors (Lipinski definition) is 5. The van der Waals surface area contributed by atoms with Crippen LogP contribution in [-0.4, -0.2) is 136 Å². The fraction of sp³-hybridized carbons (Fsp3) is 0.393. The van der Waals surface area contributed by atoms with Crippen LogP contribution in [0, 0.1) is 24.0 Å². The molecule has 3 saturated heterocycles. The number of hydrogen-bond acceptors (Lipinski definition) is 13. The molecule has 6 aromatic rings. The number of carboxylic acids is 1. The van der Waals surface area contributed by atoms with Crippen molar-refractivity contribution < 1.29 is 74.8 Å². The predicted octanol–water partition coefficient (Wildman–Crippen LogP) is 10.1. The number of carboxylic acid groups (broad SMARTS) is 1. The quantitative estimate of drug-likeness (QED) is 0.0503. The van der Waals surface area contributed by atoms with Gasteiger partial charge < -0.3 is 44.7 Å². The summed E-state index contributed by atoms with van der Waals surface area (Å²) in [5.74, 6) is -5.89. The second kappa shape index (κ2) is 25.7. The number of amides is 6. The van der Waals surface area contributed by atoms with E-state index in [2.05, 4.69) is 60.1 Å². The number of methoxy groups -OCH3 is 1. The number of alkyl carbamates (subject to hydrolysis) is 1. The molecule has 25 heteroatoms. The second-order valence-electron chi connectivity index (χ2n) is 22.8. The van der Waals surface area contributed by atoms with E-state index in [0.29, 0.717) is 57.9 Å². The van der Waals surface area contributed by atoms with Gasteiger partial charge in [-0.2, -0.15) is 13.2 Å². The topological polar surface area (TPSA) is 255 Å². The molecule has 6 amide bonds. The van der Waals surface area contributed by atoms with Gasteiger partial charge in [0.2, 0.25) is 5.91 Å². The van der Waals surface area contributed by atoms with Crippen molar-refractivity contribution in [2.75, 3.05) is 63.1 Å². The number of benzene rings is 4. The smallest absolute Gasteiger partial charge is 0.490 e. The van der Waals surface area contributed by atoms with Gasteiger partial charge in [-0.25, -0.2) is 33.1 Å². The van der Waals surface area contributed by atoms with Crippen molar-refractivity contribution >= 4 is 64.2 Å². The average Bonchev–Trinajstić information content (AvgIpc) is 3.32. The van der Waals surface area contributed by atoms with Crippen molar-refractivity contribution in [1.82, 2.24) is 35.4 Å². The van der Waals surface area contributed by atoms with Crippen LogP contribution in [-0.2, 0) is 35.9 Å². The van der Waals surface area contributed by atoms with Gasteiger partial charge in [0, 0.05) is 60.5 Å². The highest BCUT2D eigenvalue weighted by molar-refractivity contribution is 6.08. The number of aromatic amines is 1. The molecule has 3 aliphatic rings. The third kappa shape index (κ3) is 15.3. The van der Waals surface area contributed by atoms with E-state index in [1.54, 1.807) is 59.7 Å². The fourth-order valence-corrected chi connectivity index (χ4v) is 10.6. The number of H-pyrrole nitrogens is 1. The van der Waals surface area contributed by atoms with Gasteiger partial charge >= 0.3 is 30.2 Å². The molecule has 0 unspecified atom stereocenters. The lowest BCUT2D eigenvalue weighted by molar-refractivity contribution is -0.192. The number of likely N-dealkylation sites (tertiary alicyclic amines) is 2. The number of rotatable bonds is 14. The minimum atomic E-state index is -5.08. The van der Waals surface area contributed by atoms with Gasteiger partial charge in [-0.05, 0) is 163 Å². The third-order valence-corrected chi connectivity index (χ3v) is 15.4. The zero-order chi connectivity index (χ0) is 62.5. The van der Waals surface area contributed by atoms with E-state index in [9.17, 15) is 41.9 Å². The standard InChI is InChI=1S/C59H65F2N9O9.C2HF3O2/c1-35-42(30-40(60)31-45(35)66-53(73)41-14-13-39(29-44(41)61)58(5,6)78-50(72)33-62-56(76)79-57(2,3)4)51-43-32-46(65-52(43)64-34-63-51)37-10-8-36(9-11-37)16-22-68-24-18-59(19-25-68)20-26-69(27-21-59)54(74)38-12-15-48(77-7)47(28-38)70-23-17-49(71)67-55(70)75;3-2(4,5)1(6)7/h8-15,28-32,34H,16-27,33H2,1-7H3,(H,62,76)(H,66,73)(H,63,64,65)(H,67,71,75);(H,6,7). The number of nitrogens with zero attached hydrogens (tertiary/aromatic N) is 5. The van der Waals surface area contributed by atoms with E-state index >= 15 is 8.78 Å². The molecule has 0 aliphatic carbocycles. The first-order valence-electron chi connectivity index (χ1n) is 27.7. The Kier molecular flexibility index (Phi) is 18.8. The van der Waals surface area contributed by atoms with Crippen LogP contribution < -0.4 is 25.6 Å². The maximum Gasteiger partial charge on any atom is 0.490 e. The van der Waals surface area contributed by atoms with Crippen LogP contribution >= 0.6 is 0 Å². The number of nitrogens with one attached hydrogen (secondary N) is 4. The molecule has 20 nitrogen and oxygen atoms in total. The molecule has 3 aliphatic heterocycles. The van der Waals surface area contributed by atoms with Crippen LogP contribution in [0.25, 0.3) is 33.5 Å². The molecule has 5 heterocycles. The van der Waals surface area contributed by atoms with E-state index in [-0.39, 0.29) is 47.0 Å². The van der Waals surface area contributed by atoms with E-state index in [4.69, 9.17) is 24.1 Å². The minimum absolute atomic E-state index is 0.0849. The van der Waals surface area contributed by atoms with Crippen LogP contribution in [0.1, 0.15) is 104 Å². The van der Waals surface area contributed by atoms with Gasteiger partial charge in [0.05, 0.1) is 24.1 Å². The molecule has 9 rings (SSSR count). The Balaban J connectivity index is 0.00000129. The Labute approximate surface area is 491 Å². The molecule has 4 aromatic carbocycles. The molecule has 86 heavy (non-hydrogen) atoms. The molecular formula is C61H66F5N9O11. The van der Waals surface area contributed by atoms with Gasteiger partial charge in [-0.1, -0.05) is 30.3 Å². The summed E-state index contributed by atoms with van der Waals surface area (Å²) in [4.78, 5) is 103. The number of carbonyl (C=O) groups excluding carboxylic acids is 6. The summed E-state index contributed by atoms with van der Waals surface area (Å²) in [5.41, 5.74) is 3.82. The lowest BCUT2D eigenvalue weighted by atomic mass is 9.71. The highest BCUT2D eigenvalue weighted by atomic mass is 19.4. The third-order valence-electron chi connectivity index (χ3n) is 15.4. The zero-order valence-corrected chi connectivity index (χ0v) is 48.4. The largest absolute Gasteiger partial charge is 0.495 e. The Bertz CT molecular complexity index is 3570. The van der Waals surface area contributed by atoms with E-state index in [1.165, 1.54) is 42.1 Å². The number of fused-ring (bicyclic) bond motifs is 1. The van der Waals surface area contributed by atoms with Gasteiger partial charge in [-0.15, -0.1) is 0 Å². The summed E-state index contributed by atoms with van der Waals surface area (Å²) in [6.07, 6.45) is 0.535. The number of carbonyl (C=O) groups is 7. The number of halogens is 5. The van der Waals surface area contributed by atoms with Crippen molar-refractivity contribution in [3.05, 3.63) is 125 Å². The number of anilines is 2. The summed E-state index contributed by atoms with van der Waals surface area (Å²) in [7, 11) is 1.51. The number of ether oxygens (including phenoxy) is 3. The Morgan fingerprint density at radius 1 is 0.814 bits per heavy atom. The number of aliphatic carboxylic acids is 1. The first-order valence-corrected chi connectivity index (χ1v) is 27.7. The van der Waals surface area contributed by atoms with E-state index < -0.39 is 65.5 Å². The average molecular weight is 1200 g/mol. The molecule has 0 bridgehead atoms. The van der Waals surface area contributed by atoms with Crippen LogP contribution in [0.2, 0.25) is 0 Å². The summed E-state index contributed by atoms with van der Waals surface area (Å²) in [5, 5.41) is 15.1. The minimum Gasteiger partial charge on any atom is -0.495 e. The highest BCUT2D eigenvalue weighted by Crippen LogP contribution is 2.42. The van der Waals surface area contributed by atoms with Gasteiger partial charge in [0.1, 0.15) is 47.1 Å². The molecule has 5 N–H and O–H groups in total. The van der Waals surface area contributed by atoms with Crippen molar-refractivity contribution in [1.29, 1.82) is 0 Å². The van der Waals surface area contributed by atoms with Gasteiger partial charge in [0.25, 0.3) is 11.8 Å². The maximum absolute atomic E-state index is 15.7. The number of alkyl halides is 3. The second-order valence-corrected chi connectivity index (χ2v) is 22.8. The van der Waals surface area contributed by atoms with Crippen molar-refractivity contribution in [3.63, 3.8) is 0 Å². The van der Waals surface area contributed by atoms with Crippen LogP contribution in [0.4, 0.5) is 42.9 Å². The summed E-state index contributed by atoms with van der Waals surface area (Å²) < 4.78 is 79.0. The normalized spacial score (nSPS) is 15.5. The first-order chi connectivity index (χ1) is 40.5. The predicted molar refractivity (Wildman–Crippen MR) is 306 cm³/mol. The maximum atomic E-state index is 15.7. The SMILES string of the molecule is COc1ccc(C(=O)N2CCC3(CCN(CCc4ccc(-c5cc6c(-c7cc(F)cc(NC(=O)c8ccc(C(C)(C)OC(=O)CNC(=O)OC(C)(C)C)cc8F)c7C)ncnc6[nH]5)cc4)CC3)CC2)cc1N1CCC(=O)NC1=O.O=C(O)C(F)(F)F. The molecule has 2 aromatic heterocycles. The lowest BCUT2D eigenvalue weighted by Crippen LogP contribution is -2.50. The number of aromatic nitrogens is 3. The zero-order valence-electron chi connectivity index (χ0n) is 48.4. The lowest BCUT2D eigenvalue weighted by Gasteiger charge is -2.47. The molecule has 3 fully saturated rings. The summed E-state index contributed by atoms with van der Waals surface area (Å²) in [6.45, 7) is 13.8. The first kappa shape index (κ1) is 63.0. The van der Waals surface area contributed by atoms with E-state index in [0.717, 1.165) is 75.1 Å². The van der Waals surface area contributed by atoms with Crippen LogP contribution in [0.5, 0.6) is 5.75 Å². The molecule has 456 valence electrons. The van der Waals surface area contributed by atoms with Crippen molar-refractivity contribution in [2.45, 2.75) is 97.4 Å². The molecule has 0 atom stereocenters. The van der Waals surface area contributed by atoms with Crippen molar-refractivity contribution in [2.24, 2.45) is 5.41 Å². The molecular weight excluding hydrogens is 1130 g/mol. The van der Waals surface area contributed by atoms with Crippen LogP contribution in [0.15, 0.2) is 85.2 Å².